The van der Waals surface area contributed by atoms with Crippen molar-refractivity contribution >= 4 is 28.3 Å². The van der Waals surface area contributed by atoms with Crippen LogP contribution in [0.1, 0.15) is 26.4 Å². The number of ether oxygens (including phenoxy) is 1. The minimum Gasteiger partial charge on any atom is -0.383 e. The van der Waals surface area contributed by atoms with Crippen LogP contribution >= 0.6 is 11.3 Å². The topological polar surface area (TPSA) is 71.5 Å². The van der Waals surface area contributed by atoms with Crippen molar-refractivity contribution in [3.63, 3.8) is 0 Å². The molecule has 2 aromatic rings. The van der Waals surface area contributed by atoms with Gasteiger partial charge in [-0.25, -0.2) is 4.98 Å². The maximum absolute atomic E-state index is 12.2. The predicted molar refractivity (Wildman–Crippen MR) is 90.1 cm³/mol. The molecule has 2 rings (SSSR count). The van der Waals surface area contributed by atoms with Crippen LogP contribution in [0.4, 0.5) is 5.13 Å². The van der Waals surface area contributed by atoms with Gasteiger partial charge in [0.25, 0.3) is 11.8 Å². The van der Waals surface area contributed by atoms with E-state index in [1.54, 1.807) is 25.6 Å². The fourth-order valence-corrected chi connectivity index (χ4v) is 2.63. The summed E-state index contributed by atoms with van der Waals surface area (Å²) in [5.41, 5.74) is 1.79. The first-order chi connectivity index (χ1) is 11.0. The number of aromatic nitrogens is 1. The number of carbonyl (C=O) groups excluding carboxylic acids is 2. The largest absolute Gasteiger partial charge is 0.383 e. The summed E-state index contributed by atoms with van der Waals surface area (Å²) in [5, 5.41) is 4.77. The molecule has 0 saturated carbocycles. The molecule has 7 heteroatoms. The number of hydrogen-bond acceptors (Lipinski definition) is 5. The van der Waals surface area contributed by atoms with Gasteiger partial charge in [-0.05, 0) is 18.6 Å². The number of nitrogens with one attached hydrogen (secondary N) is 1. The molecule has 6 nitrogen and oxygen atoms in total. The molecule has 1 heterocycles. The number of thiazole rings is 1. The van der Waals surface area contributed by atoms with Crippen molar-refractivity contribution in [2.45, 2.75) is 6.92 Å². The lowest BCUT2D eigenvalue weighted by molar-refractivity contribution is 0.0739. The predicted octanol–water partition coefficient (Wildman–Crippen LogP) is 2.42. The van der Waals surface area contributed by atoms with Gasteiger partial charge in [0.05, 0.1) is 6.61 Å². The van der Waals surface area contributed by atoms with Crippen molar-refractivity contribution in [2.75, 3.05) is 32.6 Å². The number of anilines is 1. The molecule has 0 aliphatic carbocycles. The van der Waals surface area contributed by atoms with Crippen molar-refractivity contribution in [2.24, 2.45) is 0 Å². The third-order valence-electron chi connectivity index (χ3n) is 3.31. The van der Waals surface area contributed by atoms with Gasteiger partial charge in [0.2, 0.25) is 0 Å². The molecule has 0 fully saturated rings. The normalized spacial score (nSPS) is 10.4. The molecule has 0 unspecified atom stereocenters. The Morgan fingerprint density at radius 3 is 2.78 bits per heavy atom. The molecule has 0 bridgehead atoms. The second kappa shape index (κ2) is 7.85. The van der Waals surface area contributed by atoms with Crippen LogP contribution in [-0.4, -0.2) is 49.0 Å². The van der Waals surface area contributed by atoms with E-state index in [-0.39, 0.29) is 11.8 Å². The third kappa shape index (κ3) is 4.37. The minimum atomic E-state index is -0.232. The Morgan fingerprint density at radius 2 is 2.09 bits per heavy atom. The molecule has 0 radical (unpaired) electrons. The van der Waals surface area contributed by atoms with Crippen molar-refractivity contribution in [3.05, 3.63) is 46.5 Å². The molecular weight excluding hydrogens is 314 g/mol. The van der Waals surface area contributed by atoms with Crippen LogP contribution < -0.4 is 5.32 Å². The average Bonchev–Trinajstić information content (AvgIpc) is 3.00. The summed E-state index contributed by atoms with van der Waals surface area (Å²) in [6.45, 7) is 2.82. The van der Waals surface area contributed by atoms with Crippen molar-refractivity contribution < 1.29 is 14.3 Å². The van der Waals surface area contributed by atoms with Crippen LogP contribution in [0.2, 0.25) is 0 Å². The maximum atomic E-state index is 12.2. The Labute approximate surface area is 139 Å². The molecule has 1 N–H and O–H groups in total. The van der Waals surface area contributed by atoms with E-state index in [9.17, 15) is 9.59 Å². The lowest BCUT2D eigenvalue weighted by Gasteiger charge is -2.14. The van der Waals surface area contributed by atoms with Crippen LogP contribution in [0.15, 0.2) is 29.6 Å². The molecule has 2 amide bonds. The molecular formula is C16H19N3O3S. The average molecular weight is 333 g/mol. The Bertz CT molecular complexity index is 699. The number of carbonyl (C=O) groups is 2. The molecule has 122 valence electrons. The lowest BCUT2D eigenvalue weighted by atomic mass is 10.1. The van der Waals surface area contributed by atoms with Crippen LogP contribution in [0.25, 0.3) is 0 Å². The standard InChI is InChI=1S/C16H19N3O3S/c1-11-6-4-5-7-12(11)14(20)18-16-17-13(10-23-16)15(21)19(2)8-9-22-3/h4-7,10H,8-9H2,1-3H3,(H,17,18,20). The van der Waals surface area contributed by atoms with Crippen LogP contribution in [-0.2, 0) is 4.74 Å². The van der Waals surface area contributed by atoms with Gasteiger partial charge in [-0.1, -0.05) is 18.2 Å². The van der Waals surface area contributed by atoms with Gasteiger partial charge in [-0.15, -0.1) is 11.3 Å². The first-order valence-corrected chi connectivity index (χ1v) is 7.97. The summed E-state index contributed by atoms with van der Waals surface area (Å²) in [7, 11) is 3.27. The van der Waals surface area contributed by atoms with E-state index in [1.165, 1.54) is 16.2 Å². The van der Waals surface area contributed by atoms with Gasteiger partial charge >= 0.3 is 0 Å². The first-order valence-electron chi connectivity index (χ1n) is 7.10. The number of methoxy groups -OCH3 is 1. The molecule has 0 atom stereocenters. The van der Waals surface area contributed by atoms with Gasteiger partial charge in [0.15, 0.2) is 5.13 Å². The van der Waals surface area contributed by atoms with E-state index < -0.39 is 0 Å². The van der Waals surface area contributed by atoms with Gasteiger partial charge in [0, 0.05) is 31.6 Å². The fraction of sp³-hybridized carbons (Fsp3) is 0.312. The lowest BCUT2D eigenvalue weighted by Crippen LogP contribution is -2.30. The van der Waals surface area contributed by atoms with E-state index in [4.69, 9.17) is 4.74 Å². The second-order valence-corrected chi connectivity index (χ2v) is 5.88. The van der Waals surface area contributed by atoms with E-state index in [2.05, 4.69) is 10.3 Å². The van der Waals surface area contributed by atoms with Gasteiger partial charge in [-0.2, -0.15) is 0 Å². The third-order valence-corrected chi connectivity index (χ3v) is 4.07. The summed E-state index contributed by atoms with van der Waals surface area (Å²) < 4.78 is 4.95. The molecule has 1 aromatic heterocycles. The van der Waals surface area contributed by atoms with Crippen LogP contribution in [0.3, 0.4) is 0 Å². The SMILES string of the molecule is COCCN(C)C(=O)c1csc(NC(=O)c2ccccc2C)n1. The second-order valence-electron chi connectivity index (χ2n) is 5.03. The Morgan fingerprint density at radius 1 is 1.35 bits per heavy atom. The molecule has 0 saturated heterocycles. The number of rotatable bonds is 6. The highest BCUT2D eigenvalue weighted by atomic mass is 32.1. The number of amides is 2. The number of hydrogen-bond donors (Lipinski definition) is 1. The zero-order chi connectivity index (χ0) is 16.8. The highest BCUT2D eigenvalue weighted by Crippen LogP contribution is 2.18. The van der Waals surface area contributed by atoms with Crippen molar-refractivity contribution in [1.29, 1.82) is 0 Å². The zero-order valence-corrected chi connectivity index (χ0v) is 14.1. The van der Waals surface area contributed by atoms with E-state index in [0.717, 1.165) is 5.56 Å². The van der Waals surface area contributed by atoms with E-state index in [1.807, 2.05) is 25.1 Å². The quantitative estimate of drug-likeness (QED) is 0.881. The monoisotopic (exact) mass is 333 g/mol. The summed E-state index contributed by atoms with van der Waals surface area (Å²) in [6, 6.07) is 7.31. The summed E-state index contributed by atoms with van der Waals surface area (Å²) in [6.07, 6.45) is 0. The van der Waals surface area contributed by atoms with E-state index >= 15 is 0 Å². The van der Waals surface area contributed by atoms with Crippen molar-refractivity contribution in [1.82, 2.24) is 9.88 Å². The fourth-order valence-electron chi connectivity index (χ4n) is 1.95. The zero-order valence-electron chi connectivity index (χ0n) is 13.3. The minimum absolute atomic E-state index is 0.199. The summed E-state index contributed by atoms with van der Waals surface area (Å²) >= 11 is 1.23. The number of nitrogens with zero attached hydrogens (tertiary/aromatic N) is 2. The smallest absolute Gasteiger partial charge is 0.273 e. The van der Waals surface area contributed by atoms with Gasteiger partial charge in [0.1, 0.15) is 5.69 Å². The van der Waals surface area contributed by atoms with Crippen molar-refractivity contribution in [3.8, 4) is 0 Å². The van der Waals surface area contributed by atoms with E-state index in [0.29, 0.717) is 29.5 Å². The van der Waals surface area contributed by atoms with Crippen LogP contribution in [0.5, 0.6) is 0 Å². The highest BCUT2D eigenvalue weighted by molar-refractivity contribution is 7.14. The Kier molecular flexibility index (Phi) is 5.84. The Balaban J connectivity index is 2.03. The number of benzene rings is 1. The number of likely N-dealkylation sites (N-methyl/N-ethyl adjacent to an activating group) is 1. The van der Waals surface area contributed by atoms with Gasteiger partial charge in [-0.3, -0.25) is 14.9 Å². The highest BCUT2D eigenvalue weighted by Gasteiger charge is 2.17. The molecule has 23 heavy (non-hydrogen) atoms. The van der Waals surface area contributed by atoms with Crippen LogP contribution in [0, 0.1) is 6.92 Å². The summed E-state index contributed by atoms with van der Waals surface area (Å²) in [5.74, 6) is -0.432. The van der Waals surface area contributed by atoms with Gasteiger partial charge < -0.3 is 9.64 Å². The number of aryl methyl sites for hydroxylation is 1. The molecule has 0 aliphatic heterocycles. The Hall–Kier alpha value is -2.25. The molecule has 1 aromatic carbocycles. The molecule has 0 aliphatic rings. The maximum Gasteiger partial charge on any atom is 0.273 e. The summed E-state index contributed by atoms with van der Waals surface area (Å²) in [4.78, 5) is 30.1. The molecule has 0 spiro atoms. The first kappa shape index (κ1) is 17.1.